The molecule has 1 heterocycles. The first kappa shape index (κ1) is 34.8. The highest BCUT2D eigenvalue weighted by Crippen LogP contribution is 2.77. The number of hydrogen-bond donors (Lipinski definition) is 6. The largest absolute Gasteiger partial charge is 0.481 e. The topological polar surface area (TPSA) is 157 Å². The van der Waals surface area contributed by atoms with Gasteiger partial charge in [-0.2, -0.15) is 0 Å². The maximum Gasteiger partial charge on any atom is 0.311 e. The lowest BCUT2D eigenvalue weighted by atomic mass is 9.32. The first-order chi connectivity index (χ1) is 21.4. The monoisotopic (exact) mass is 648 g/mol. The van der Waals surface area contributed by atoms with Crippen LogP contribution in [0.15, 0.2) is 12.2 Å². The van der Waals surface area contributed by atoms with Gasteiger partial charge in [-0.15, -0.1) is 0 Å². The predicted octanol–water partition coefficient (Wildman–Crippen LogP) is 4.62. The van der Waals surface area contributed by atoms with Gasteiger partial charge in [0.2, 0.25) is 0 Å². The highest BCUT2D eigenvalue weighted by atomic mass is 16.8. The second kappa shape index (κ2) is 11.2. The van der Waals surface area contributed by atoms with Crippen LogP contribution in [0.4, 0.5) is 0 Å². The zero-order chi connectivity index (χ0) is 33.8. The molecule has 0 aromatic rings. The average Bonchev–Trinajstić information content (AvgIpc) is 3.41. The molecule has 9 heteroatoms. The number of fused-ring (bicyclic) bond motifs is 7. The summed E-state index contributed by atoms with van der Waals surface area (Å²) in [6.45, 7) is 17.8. The van der Waals surface area contributed by atoms with Gasteiger partial charge in [0.25, 0.3) is 0 Å². The molecule has 0 bridgehead atoms. The van der Waals surface area contributed by atoms with Gasteiger partial charge >= 0.3 is 11.9 Å². The van der Waals surface area contributed by atoms with Crippen LogP contribution in [0.1, 0.15) is 112 Å². The van der Waals surface area contributed by atoms with Crippen LogP contribution in [-0.4, -0.2) is 79.7 Å². The summed E-state index contributed by atoms with van der Waals surface area (Å²) in [5.74, 6) is -1.70. The molecule has 0 amide bonds. The molecule has 0 aromatic heterocycles. The minimum atomic E-state index is -2.56. The van der Waals surface area contributed by atoms with Crippen molar-refractivity contribution in [2.75, 3.05) is 6.61 Å². The van der Waals surface area contributed by atoms with E-state index in [1.165, 1.54) is 5.57 Å². The minimum absolute atomic E-state index is 0.00817. The number of carbonyl (C=O) groups is 1. The number of hydrogen-bond acceptors (Lipinski definition) is 8. The molecular weight excluding hydrogens is 588 g/mol. The normalized spacial score (nSPS) is 54.6. The fourth-order valence-electron chi connectivity index (χ4n) is 13.3. The van der Waals surface area contributed by atoms with Gasteiger partial charge < -0.3 is 40.1 Å². The molecule has 46 heavy (non-hydrogen) atoms. The van der Waals surface area contributed by atoms with Gasteiger partial charge in [0, 0.05) is 0 Å². The molecule has 1 aliphatic heterocycles. The Balaban J connectivity index is 1.29. The van der Waals surface area contributed by atoms with Gasteiger partial charge in [0.15, 0.2) is 6.10 Å². The zero-order valence-electron chi connectivity index (χ0n) is 28.9. The standard InChI is InChI=1S/C37H60O9/c1-8-20(2)21-11-16-36(31(42)43)18-17-34(6)22(27(21)36)9-10-25-33(5)14-13-26(32(3,4)24(33)12-15-35(25,34)7)46-37(44)30(41)29(40)28(39)23(19-38)45-37/h21-30,38-41,44H,2,8-19H2,1,3-7H3,(H,42,43)/t21-,22+,23?,24-,25+,26+,27+,28+,29?,30-,33-,34+,35+,36-,37+/m0/s1. The number of carboxylic acid groups (broad SMARTS) is 1. The van der Waals surface area contributed by atoms with E-state index >= 15 is 0 Å². The van der Waals surface area contributed by atoms with Crippen molar-refractivity contribution >= 4 is 5.97 Å². The summed E-state index contributed by atoms with van der Waals surface area (Å²) in [6.07, 6.45) is 2.91. The van der Waals surface area contributed by atoms with Gasteiger partial charge in [-0.25, -0.2) is 0 Å². The predicted molar refractivity (Wildman–Crippen MR) is 171 cm³/mol. The van der Waals surface area contributed by atoms with Gasteiger partial charge in [-0.3, -0.25) is 4.79 Å². The van der Waals surface area contributed by atoms with E-state index < -0.39 is 59.9 Å². The van der Waals surface area contributed by atoms with Crippen molar-refractivity contribution in [2.24, 2.45) is 56.7 Å². The van der Waals surface area contributed by atoms with Crippen LogP contribution in [0.3, 0.4) is 0 Å². The van der Waals surface area contributed by atoms with Gasteiger partial charge in [0.1, 0.15) is 18.3 Å². The Morgan fingerprint density at radius 1 is 0.870 bits per heavy atom. The summed E-state index contributed by atoms with van der Waals surface area (Å²) < 4.78 is 11.7. The third-order valence-electron chi connectivity index (χ3n) is 16.0. The highest BCUT2D eigenvalue weighted by Gasteiger charge is 2.72. The molecule has 9 nitrogen and oxygen atoms in total. The number of allylic oxidation sites excluding steroid dienone is 1. The van der Waals surface area contributed by atoms with Crippen LogP contribution in [0.5, 0.6) is 0 Å². The van der Waals surface area contributed by atoms with Crippen molar-refractivity contribution in [1.82, 2.24) is 0 Å². The summed E-state index contributed by atoms with van der Waals surface area (Å²) >= 11 is 0. The maximum atomic E-state index is 13.0. The lowest BCUT2D eigenvalue weighted by molar-refractivity contribution is -0.467. The van der Waals surface area contributed by atoms with E-state index in [4.69, 9.17) is 9.47 Å². The van der Waals surface area contributed by atoms with Crippen molar-refractivity contribution in [3.63, 3.8) is 0 Å². The van der Waals surface area contributed by atoms with Gasteiger partial charge in [-0.1, -0.05) is 53.7 Å². The molecule has 15 atom stereocenters. The number of aliphatic carboxylic acids is 1. The maximum absolute atomic E-state index is 13.0. The van der Waals surface area contributed by atoms with Crippen molar-refractivity contribution in [1.29, 1.82) is 0 Å². The molecule has 262 valence electrons. The van der Waals surface area contributed by atoms with E-state index in [1.807, 2.05) is 0 Å². The third-order valence-corrected chi connectivity index (χ3v) is 16.0. The first-order valence-electron chi connectivity index (χ1n) is 18.0. The first-order valence-corrected chi connectivity index (χ1v) is 18.0. The van der Waals surface area contributed by atoms with Gasteiger partial charge in [0.05, 0.1) is 18.1 Å². The molecule has 0 spiro atoms. The zero-order valence-corrected chi connectivity index (χ0v) is 28.9. The summed E-state index contributed by atoms with van der Waals surface area (Å²) in [5.41, 5.74) is 0.229. The van der Waals surface area contributed by atoms with Crippen LogP contribution >= 0.6 is 0 Å². The van der Waals surface area contributed by atoms with E-state index in [-0.39, 0.29) is 34.0 Å². The van der Waals surface area contributed by atoms with Crippen LogP contribution < -0.4 is 0 Å². The molecule has 6 aliphatic rings. The smallest absolute Gasteiger partial charge is 0.311 e. The third kappa shape index (κ3) is 4.47. The molecule has 6 fully saturated rings. The number of aliphatic hydroxyl groups excluding tert-OH is 4. The van der Waals surface area contributed by atoms with E-state index in [0.717, 1.165) is 64.2 Å². The number of ether oxygens (including phenoxy) is 2. The van der Waals surface area contributed by atoms with Crippen molar-refractivity contribution in [2.45, 2.75) is 149 Å². The molecule has 5 aliphatic carbocycles. The van der Waals surface area contributed by atoms with E-state index in [2.05, 4.69) is 48.1 Å². The molecule has 5 saturated carbocycles. The lowest BCUT2D eigenvalue weighted by Crippen LogP contribution is -2.69. The molecule has 1 saturated heterocycles. The quantitative estimate of drug-likeness (QED) is 0.137. The van der Waals surface area contributed by atoms with E-state index in [9.17, 15) is 35.4 Å². The van der Waals surface area contributed by atoms with Gasteiger partial charge in [-0.05, 0) is 122 Å². The molecule has 6 N–H and O–H groups in total. The Kier molecular flexibility index (Phi) is 8.49. The number of rotatable bonds is 6. The Bertz CT molecular complexity index is 1220. The Hall–Kier alpha value is -1.07. The van der Waals surface area contributed by atoms with Crippen molar-refractivity contribution in [3.05, 3.63) is 12.2 Å². The highest BCUT2D eigenvalue weighted by molar-refractivity contribution is 5.76. The molecule has 0 radical (unpaired) electrons. The molecular formula is C37H60O9. The second-order valence-electron chi connectivity index (χ2n) is 17.7. The Labute approximate surface area is 274 Å². The fourth-order valence-corrected chi connectivity index (χ4v) is 13.3. The summed E-state index contributed by atoms with van der Waals surface area (Å²) in [7, 11) is 0. The molecule has 0 aromatic carbocycles. The minimum Gasteiger partial charge on any atom is -0.481 e. The van der Waals surface area contributed by atoms with Crippen LogP contribution in [-0.2, 0) is 14.3 Å². The summed E-state index contributed by atoms with van der Waals surface area (Å²) in [6, 6.07) is 0. The summed E-state index contributed by atoms with van der Waals surface area (Å²) in [4.78, 5) is 13.0. The Morgan fingerprint density at radius 2 is 1.57 bits per heavy atom. The number of carboxylic acids is 1. The van der Waals surface area contributed by atoms with Crippen LogP contribution in [0, 0.1) is 56.7 Å². The van der Waals surface area contributed by atoms with Crippen molar-refractivity contribution < 1.29 is 44.9 Å². The second-order valence-corrected chi connectivity index (χ2v) is 17.7. The van der Waals surface area contributed by atoms with Crippen LogP contribution in [0.25, 0.3) is 0 Å². The van der Waals surface area contributed by atoms with Crippen LogP contribution in [0.2, 0.25) is 0 Å². The van der Waals surface area contributed by atoms with E-state index in [1.54, 1.807) is 0 Å². The summed E-state index contributed by atoms with van der Waals surface area (Å²) in [5, 5.41) is 63.2. The van der Waals surface area contributed by atoms with E-state index in [0.29, 0.717) is 18.3 Å². The lowest BCUT2D eigenvalue weighted by Gasteiger charge is -2.73. The average molecular weight is 649 g/mol. The fraction of sp³-hybridized carbons (Fsp3) is 0.919. The SMILES string of the molecule is C=C(CC)[C@@H]1CC[C@]2(C(=O)O)CC[C@]3(C)[C@H](CC[C@@H]4[C@@]5(C)CC[C@@H](O[C@]6(O)OC(CO)[C@@H](O)C(O)[C@@H]6O)C(C)(C)[C@@H]5CC[C@]43C)[C@@H]12. The Morgan fingerprint density at radius 3 is 2.20 bits per heavy atom. The molecule has 6 rings (SSSR count). The number of aliphatic hydroxyl groups is 5. The molecule has 2 unspecified atom stereocenters. The van der Waals surface area contributed by atoms with Crippen molar-refractivity contribution in [3.8, 4) is 0 Å².